The van der Waals surface area contributed by atoms with Gasteiger partial charge in [-0.3, -0.25) is 14.4 Å². The van der Waals surface area contributed by atoms with Crippen LogP contribution in [-0.2, 0) is 19.1 Å². The molecule has 0 radical (unpaired) electrons. The molecule has 2 N–H and O–H groups in total. The monoisotopic (exact) mass is 533 g/mol. The summed E-state index contributed by atoms with van der Waals surface area (Å²) in [5.74, 6) is -0.608. The summed E-state index contributed by atoms with van der Waals surface area (Å²) in [6.07, 6.45) is 10.6. The van der Waals surface area contributed by atoms with E-state index in [1.54, 1.807) is 0 Å². The van der Waals surface area contributed by atoms with Crippen LogP contribution >= 0.6 is 0 Å². The van der Waals surface area contributed by atoms with Crippen molar-refractivity contribution in [3.63, 3.8) is 0 Å². The van der Waals surface area contributed by atoms with Crippen molar-refractivity contribution >= 4 is 23.4 Å². The van der Waals surface area contributed by atoms with Crippen LogP contribution in [0.3, 0.4) is 0 Å². The maximum absolute atomic E-state index is 14.4. The van der Waals surface area contributed by atoms with Gasteiger partial charge < -0.3 is 20.3 Å². The molecule has 5 aliphatic rings. The molecule has 7 nitrogen and oxygen atoms in total. The van der Waals surface area contributed by atoms with Gasteiger partial charge in [0.05, 0.1) is 17.9 Å². The second-order valence-electron chi connectivity index (χ2n) is 13.0. The van der Waals surface area contributed by atoms with Crippen LogP contribution in [0.1, 0.15) is 71.3 Å². The van der Waals surface area contributed by atoms with Gasteiger partial charge in [0, 0.05) is 17.8 Å². The van der Waals surface area contributed by atoms with E-state index in [4.69, 9.17) is 4.74 Å². The minimum absolute atomic E-state index is 0.0267. The molecule has 3 amide bonds. The van der Waals surface area contributed by atoms with Crippen LogP contribution in [0.2, 0.25) is 0 Å². The van der Waals surface area contributed by atoms with E-state index in [0.717, 1.165) is 44.1 Å². The molecular formula is C32H43N3O4. The highest BCUT2D eigenvalue weighted by Gasteiger charge is 2.73. The number of rotatable bonds is 5. The molecule has 10 atom stereocenters. The molecule has 1 aromatic rings. The molecular weight excluding hydrogens is 490 g/mol. The van der Waals surface area contributed by atoms with E-state index >= 15 is 0 Å². The van der Waals surface area contributed by atoms with E-state index in [9.17, 15) is 14.4 Å². The third-order valence-electron chi connectivity index (χ3n) is 10.6. The Kier molecular flexibility index (Phi) is 6.85. The zero-order chi connectivity index (χ0) is 27.5. The first-order valence-electron chi connectivity index (χ1n) is 15.1. The highest BCUT2D eigenvalue weighted by molar-refractivity contribution is 6.03. The van der Waals surface area contributed by atoms with Gasteiger partial charge in [-0.15, -0.1) is 0 Å². The van der Waals surface area contributed by atoms with Crippen molar-refractivity contribution in [3.8, 4) is 0 Å². The second kappa shape index (κ2) is 10.1. The van der Waals surface area contributed by atoms with Gasteiger partial charge in [0.15, 0.2) is 0 Å². The minimum Gasteiger partial charge on any atom is -0.359 e. The first kappa shape index (κ1) is 26.5. The number of amides is 3. The number of hydrogen-bond donors (Lipinski definition) is 2. The molecule has 0 unspecified atom stereocenters. The lowest BCUT2D eigenvalue weighted by Crippen LogP contribution is -2.60. The van der Waals surface area contributed by atoms with Crippen LogP contribution in [-0.4, -0.2) is 52.5 Å². The fourth-order valence-corrected chi connectivity index (χ4v) is 8.27. The lowest BCUT2D eigenvalue weighted by Gasteiger charge is -2.42. The topological polar surface area (TPSA) is 87.7 Å². The minimum atomic E-state index is -1.11. The molecule has 2 saturated heterocycles. The maximum atomic E-state index is 14.4. The Hall–Kier alpha value is -2.67. The Morgan fingerprint density at radius 3 is 2.54 bits per heavy atom. The van der Waals surface area contributed by atoms with Crippen LogP contribution in [0.4, 0.5) is 5.69 Å². The third-order valence-corrected chi connectivity index (χ3v) is 10.6. The highest BCUT2D eigenvalue weighted by atomic mass is 16.5. The summed E-state index contributed by atoms with van der Waals surface area (Å²) in [6.45, 7) is 8.65. The number of aryl methyl sites for hydroxylation is 1. The summed E-state index contributed by atoms with van der Waals surface area (Å²) in [6, 6.07) is 6.97. The molecule has 1 aromatic carbocycles. The predicted octanol–water partition coefficient (Wildman–Crippen LogP) is 4.60. The second-order valence-corrected chi connectivity index (χ2v) is 13.0. The number of nitrogens with one attached hydrogen (secondary N) is 2. The lowest BCUT2D eigenvalue weighted by molar-refractivity contribution is -0.146. The van der Waals surface area contributed by atoms with Crippen LogP contribution in [0.25, 0.3) is 0 Å². The molecule has 1 spiro atoms. The Labute approximate surface area is 232 Å². The zero-order valence-corrected chi connectivity index (χ0v) is 23.7. The van der Waals surface area contributed by atoms with Crippen molar-refractivity contribution in [2.24, 2.45) is 29.6 Å². The first-order valence-corrected chi connectivity index (χ1v) is 15.1. The third kappa shape index (κ3) is 4.32. The number of hydrogen-bond acceptors (Lipinski definition) is 4. The Balaban J connectivity index is 1.34. The molecule has 2 bridgehead atoms. The van der Waals surface area contributed by atoms with Gasteiger partial charge in [0.2, 0.25) is 17.7 Å². The Morgan fingerprint density at radius 1 is 1.00 bits per heavy atom. The van der Waals surface area contributed by atoms with E-state index < -0.39 is 29.6 Å². The van der Waals surface area contributed by atoms with E-state index in [-0.39, 0.29) is 29.8 Å². The predicted molar refractivity (Wildman–Crippen MR) is 150 cm³/mol. The van der Waals surface area contributed by atoms with E-state index in [0.29, 0.717) is 23.4 Å². The van der Waals surface area contributed by atoms with Gasteiger partial charge in [-0.2, -0.15) is 0 Å². The standard InChI is InChI=1S/C32H43N3O4/c1-18-9-7-12-22(17-18)33-29(36)26-25-15-16-32(39-25)27(26)31(38)35(24-14-6-5-10-20(24)3)28(32)30(37)34-23-13-8-11-19(2)21(23)4/h7,9,12,15-17,19-21,23-28H,5-6,8,10-11,13-14H2,1-4H3,(H,33,36)(H,34,37)/t19-,20+,21-,23-,24-,25-,26+,27-,28-,32-/m1/s1. The van der Waals surface area contributed by atoms with E-state index in [2.05, 4.69) is 31.4 Å². The fourth-order valence-electron chi connectivity index (χ4n) is 8.27. The largest absolute Gasteiger partial charge is 0.359 e. The van der Waals surface area contributed by atoms with Gasteiger partial charge in [0.25, 0.3) is 0 Å². The average molecular weight is 534 g/mol. The summed E-state index contributed by atoms with van der Waals surface area (Å²) < 4.78 is 6.58. The number of carbonyl (C=O) groups is 3. The Morgan fingerprint density at radius 2 is 1.77 bits per heavy atom. The van der Waals surface area contributed by atoms with Crippen LogP contribution in [0.5, 0.6) is 0 Å². The summed E-state index contributed by atoms with van der Waals surface area (Å²) >= 11 is 0. The van der Waals surface area contributed by atoms with Crippen LogP contribution in [0.15, 0.2) is 36.4 Å². The number of benzene rings is 1. The van der Waals surface area contributed by atoms with Gasteiger partial charge in [-0.25, -0.2) is 0 Å². The maximum Gasteiger partial charge on any atom is 0.246 e. The molecule has 0 aromatic heterocycles. The molecule has 2 aliphatic carbocycles. The molecule has 7 heteroatoms. The SMILES string of the molecule is Cc1cccc(NC(=O)[C@H]2[C@H]3C=C[C@@]4(O3)[C@H]2C(=O)N([C@@H]2CCCC[C@@H]2C)[C@@H]4C(=O)N[C@@H]2CCC[C@@H](C)[C@H]2C)c1. The first-order chi connectivity index (χ1) is 18.7. The fraction of sp³-hybridized carbons (Fsp3) is 0.656. The highest BCUT2D eigenvalue weighted by Crippen LogP contribution is 2.56. The van der Waals surface area contributed by atoms with E-state index in [1.807, 2.05) is 48.2 Å². The molecule has 39 heavy (non-hydrogen) atoms. The smallest absolute Gasteiger partial charge is 0.246 e. The quantitative estimate of drug-likeness (QED) is 0.542. The normalized spacial score (nSPS) is 41.0. The number of ether oxygens (including phenoxy) is 1. The number of fused-ring (bicyclic) bond motifs is 1. The molecule has 6 rings (SSSR count). The zero-order valence-electron chi connectivity index (χ0n) is 23.7. The summed E-state index contributed by atoms with van der Waals surface area (Å²) in [7, 11) is 0. The van der Waals surface area contributed by atoms with Gasteiger partial charge in [0.1, 0.15) is 11.6 Å². The summed E-state index contributed by atoms with van der Waals surface area (Å²) in [4.78, 5) is 44.3. The molecule has 210 valence electrons. The Bertz CT molecular complexity index is 1180. The van der Waals surface area contributed by atoms with E-state index in [1.165, 1.54) is 6.42 Å². The van der Waals surface area contributed by atoms with Gasteiger partial charge >= 0.3 is 0 Å². The van der Waals surface area contributed by atoms with Crippen molar-refractivity contribution in [2.45, 2.75) is 102 Å². The number of carbonyl (C=O) groups excluding carboxylic acids is 3. The molecule has 3 aliphatic heterocycles. The van der Waals surface area contributed by atoms with Gasteiger partial charge in [-0.05, 0) is 61.6 Å². The van der Waals surface area contributed by atoms with Crippen molar-refractivity contribution in [1.82, 2.24) is 10.2 Å². The van der Waals surface area contributed by atoms with Crippen molar-refractivity contribution < 1.29 is 19.1 Å². The lowest BCUT2D eigenvalue weighted by atomic mass is 9.73. The number of anilines is 1. The van der Waals surface area contributed by atoms with Crippen LogP contribution < -0.4 is 10.6 Å². The van der Waals surface area contributed by atoms with Crippen molar-refractivity contribution in [2.75, 3.05) is 5.32 Å². The van der Waals surface area contributed by atoms with Gasteiger partial charge in [-0.1, -0.05) is 70.7 Å². The molecule has 4 fully saturated rings. The number of likely N-dealkylation sites (tertiary alicyclic amines) is 1. The van der Waals surface area contributed by atoms with Crippen molar-refractivity contribution in [3.05, 3.63) is 42.0 Å². The summed E-state index contributed by atoms with van der Waals surface area (Å²) in [5.41, 5.74) is 0.644. The van der Waals surface area contributed by atoms with Crippen molar-refractivity contribution in [1.29, 1.82) is 0 Å². The molecule has 3 heterocycles. The van der Waals surface area contributed by atoms with Crippen LogP contribution in [0, 0.1) is 36.5 Å². The molecule has 2 saturated carbocycles. The summed E-state index contributed by atoms with van der Waals surface area (Å²) in [5, 5.41) is 6.42. The number of nitrogens with zero attached hydrogens (tertiary/aromatic N) is 1. The average Bonchev–Trinajstić information content (AvgIpc) is 3.54.